The highest BCUT2D eigenvalue weighted by molar-refractivity contribution is 9.10. The number of anilines is 2. The van der Waals surface area contributed by atoms with E-state index in [1.165, 1.54) is 6.07 Å². The lowest BCUT2D eigenvalue weighted by atomic mass is 10.1. The Labute approximate surface area is 185 Å². The van der Waals surface area contributed by atoms with Crippen molar-refractivity contribution in [3.05, 3.63) is 87.4 Å². The fraction of sp³-hybridized carbons (Fsp3) is 0.0455. The quantitative estimate of drug-likeness (QED) is 0.521. The van der Waals surface area contributed by atoms with Crippen molar-refractivity contribution in [3.8, 4) is 5.75 Å². The lowest BCUT2D eigenvalue weighted by Crippen LogP contribution is -2.29. The Kier molecular flexibility index (Phi) is 5.57. The van der Waals surface area contributed by atoms with Gasteiger partial charge in [-0.25, -0.2) is 4.90 Å². The highest BCUT2D eigenvalue weighted by Crippen LogP contribution is 2.32. The number of hydrogen-bond donors (Lipinski definition) is 1. The molecule has 0 saturated heterocycles. The Morgan fingerprint density at radius 3 is 2.20 bits per heavy atom. The predicted molar refractivity (Wildman–Crippen MR) is 117 cm³/mol. The van der Waals surface area contributed by atoms with Gasteiger partial charge in [0.2, 0.25) is 0 Å². The van der Waals surface area contributed by atoms with E-state index in [1.54, 1.807) is 48.5 Å². The second-order valence-electron chi connectivity index (χ2n) is 6.45. The zero-order valence-electron chi connectivity index (χ0n) is 15.4. The average molecular weight is 486 g/mol. The second-order valence-corrected chi connectivity index (χ2v) is 7.77. The summed E-state index contributed by atoms with van der Waals surface area (Å²) in [6, 6.07) is 18.3. The summed E-state index contributed by atoms with van der Waals surface area (Å²) in [5, 5.41) is 2.85. The first-order valence-electron chi connectivity index (χ1n) is 8.89. The number of imide groups is 1. The van der Waals surface area contributed by atoms with Gasteiger partial charge in [0, 0.05) is 4.47 Å². The van der Waals surface area contributed by atoms with Crippen LogP contribution in [0.3, 0.4) is 0 Å². The van der Waals surface area contributed by atoms with E-state index in [0.717, 1.165) is 9.37 Å². The van der Waals surface area contributed by atoms with Crippen molar-refractivity contribution in [2.24, 2.45) is 0 Å². The Hall–Kier alpha value is -3.16. The smallest absolute Gasteiger partial charge is 0.266 e. The Balaban J connectivity index is 1.45. The number of nitrogens with one attached hydrogen (secondary N) is 1. The Morgan fingerprint density at radius 2 is 1.60 bits per heavy atom. The minimum Gasteiger partial charge on any atom is -0.484 e. The summed E-state index contributed by atoms with van der Waals surface area (Å²) in [6.07, 6.45) is 0. The normalized spacial score (nSPS) is 12.7. The molecular formula is C22H14BrClN2O4. The second kappa shape index (κ2) is 8.30. The third-order valence-electron chi connectivity index (χ3n) is 4.46. The van der Waals surface area contributed by atoms with E-state index in [-0.39, 0.29) is 11.6 Å². The van der Waals surface area contributed by atoms with Gasteiger partial charge < -0.3 is 10.1 Å². The number of rotatable bonds is 5. The Morgan fingerprint density at radius 1 is 0.967 bits per heavy atom. The lowest BCUT2D eigenvalue weighted by molar-refractivity contribution is -0.118. The molecule has 1 N–H and O–H groups in total. The minimum atomic E-state index is -0.411. The van der Waals surface area contributed by atoms with E-state index in [1.807, 2.05) is 12.1 Å². The first-order chi connectivity index (χ1) is 14.4. The van der Waals surface area contributed by atoms with Crippen molar-refractivity contribution in [3.63, 3.8) is 0 Å². The van der Waals surface area contributed by atoms with Gasteiger partial charge in [0.05, 0.1) is 27.5 Å². The van der Waals surface area contributed by atoms with Crippen molar-refractivity contribution in [2.45, 2.75) is 0 Å². The van der Waals surface area contributed by atoms with Gasteiger partial charge in [-0.05, 0) is 54.6 Å². The molecule has 0 unspecified atom stereocenters. The number of amides is 3. The zero-order valence-corrected chi connectivity index (χ0v) is 17.7. The van der Waals surface area contributed by atoms with Crippen LogP contribution in [-0.4, -0.2) is 24.3 Å². The van der Waals surface area contributed by atoms with E-state index in [4.69, 9.17) is 16.3 Å². The third-order valence-corrected chi connectivity index (χ3v) is 5.30. The van der Waals surface area contributed by atoms with Crippen LogP contribution in [0, 0.1) is 0 Å². The van der Waals surface area contributed by atoms with Gasteiger partial charge in [0.25, 0.3) is 17.7 Å². The average Bonchev–Trinajstić information content (AvgIpc) is 3.00. The lowest BCUT2D eigenvalue weighted by Gasteiger charge is -2.16. The monoisotopic (exact) mass is 484 g/mol. The van der Waals surface area contributed by atoms with Crippen LogP contribution in [0.25, 0.3) is 0 Å². The topological polar surface area (TPSA) is 75.7 Å². The number of hydrogen-bond acceptors (Lipinski definition) is 4. The maximum Gasteiger partial charge on any atom is 0.266 e. The van der Waals surface area contributed by atoms with Crippen LogP contribution in [0.1, 0.15) is 20.7 Å². The molecule has 1 aliphatic heterocycles. The number of nitrogens with zero attached hydrogens (tertiary/aromatic N) is 1. The molecule has 0 spiro atoms. The zero-order chi connectivity index (χ0) is 21.3. The van der Waals surface area contributed by atoms with Crippen molar-refractivity contribution >= 4 is 56.6 Å². The summed E-state index contributed by atoms with van der Waals surface area (Å²) in [5.74, 6) is -0.661. The van der Waals surface area contributed by atoms with Crippen molar-refractivity contribution in [2.75, 3.05) is 16.8 Å². The van der Waals surface area contributed by atoms with Crippen LogP contribution >= 0.6 is 27.5 Å². The van der Waals surface area contributed by atoms with Gasteiger partial charge in [0.15, 0.2) is 6.61 Å². The summed E-state index contributed by atoms with van der Waals surface area (Å²) in [6.45, 7) is -0.196. The van der Waals surface area contributed by atoms with Crippen LogP contribution in [-0.2, 0) is 4.79 Å². The summed E-state index contributed by atoms with van der Waals surface area (Å²) in [7, 11) is 0. The number of fused-ring (bicyclic) bond motifs is 1. The molecule has 3 aromatic carbocycles. The summed E-state index contributed by atoms with van der Waals surface area (Å²) >= 11 is 9.61. The van der Waals surface area contributed by atoms with Crippen LogP contribution in [0.2, 0.25) is 5.02 Å². The molecule has 4 rings (SSSR count). The van der Waals surface area contributed by atoms with Crippen molar-refractivity contribution < 1.29 is 19.1 Å². The number of ether oxygens (including phenoxy) is 1. The van der Waals surface area contributed by atoms with Crippen molar-refractivity contribution in [1.82, 2.24) is 0 Å². The molecule has 30 heavy (non-hydrogen) atoms. The van der Waals surface area contributed by atoms with Crippen molar-refractivity contribution in [1.29, 1.82) is 0 Å². The number of halogens is 2. The standard InChI is InChI=1S/C22H14BrClN2O4/c23-13-5-8-15(9-6-13)30-12-20(27)25-19-10-7-14(11-18(19)24)26-21(28)16-3-1-2-4-17(16)22(26)29/h1-11H,12H2,(H,25,27). The molecule has 0 bridgehead atoms. The van der Waals surface area contributed by atoms with Gasteiger partial charge in [0.1, 0.15) is 5.75 Å². The molecule has 0 atom stereocenters. The maximum absolute atomic E-state index is 12.6. The van der Waals surface area contributed by atoms with Crippen LogP contribution in [0.4, 0.5) is 11.4 Å². The van der Waals surface area contributed by atoms with E-state index in [0.29, 0.717) is 28.3 Å². The highest BCUT2D eigenvalue weighted by Gasteiger charge is 2.36. The number of carbonyl (C=O) groups is 3. The molecule has 1 aliphatic rings. The first kappa shape index (κ1) is 20.1. The SMILES string of the molecule is O=C(COc1ccc(Br)cc1)Nc1ccc(N2C(=O)c3ccccc3C2=O)cc1Cl. The maximum atomic E-state index is 12.6. The minimum absolute atomic E-state index is 0.195. The van der Waals surface area contributed by atoms with E-state index < -0.39 is 17.7 Å². The molecule has 0 radical (unpaired) electrons. The number of benzene rings is 3. The largest absolute Gasteiger partial charge is 0.484 e. The van der Waals surface area contributed by atoms with Gasteiger partial charge >= 0.3 is 0 Å². The summed E-state index contributed by atoms with van der Waals surface area (Å²) in [4.78, 5) is 38.4. The number of carbonyl (C=O) groups excluding carboxylic acids is 3. The van der Waals surface area contributed by atoms with Gasteiger partial charge in [-0.15, -0.1) is 0 Å². The van der Waals surface area contributed by atoms with Gasteiger partial charge in [-0.1, -0.05) is 39.7 Å². The molecule has 0 aliphatic carbocycles. The molecule has 150 valence electrons. The molecule has 6 nitrogen and oxygen atoms in total. The molecule has 0 fully saturated rings. The fourth-order valence-corrected chi connectivity index (χ4v) is 3.52. The molecule has 0 saturated carbocycles. The summed E-state index contributed by atoms with van der Waals surface area (Å²) < 4.78 is 6.34. The van der Waals surface area contributed by atoms with Crippen LogP contribution in [0.15, 0.2) is 71.2 Å². The molecule has 1 heterocycles. The fourth-order valence-electron chi connectivity index (χ4n) is 3.03. The predicted octanol–water partition coefficient (Wildman–Crippen LogP) is 4.92. The van der Waals surface area contributed by atoms with E-state index in [9.17, 15) is 14.4 Å². The van der Waals surface area contributed by atoms with Gasteiger partial charge in [-0.2, -0.15) is 0 Å². The van der Waals surface area contributed by atoms with Gasteiger partial charge in [-0.3, -0.25) is 14.4 Å². The summed E-state index contributed by atoms with van der Waals surface area (Å²) in [5.41, 5.74) is 1.37. The molecule has 3 amide bonds. The molecule has 0 aromatic heterocycles. The van der Waals surface area contributed by atoms with E-state index >= 15 is 0 Å². The van der Waals surface area contributed by atoms with Crippen LogP contribution < -0.4 is 15.0 Å². The third kappa shape index (κ3) is 3.94. The Bertz CT molecular complexity index is 1130. The van der Waals surface area contributed by atoms with E-state index in [2.05, 4.69) is 21.2 Å². The highest BCUT2D eigenvalue weighted by atomic mass is 79.9. The van der Waals surface area contributed by atoms with Crippen LogP contribution in [0.5, 0.6) is 5.75 Å². The molecule has 8 heteroatoms. The molecular weight excluding hydrogens is 472 g/mol. The molecule has 3 aromatic rings. The first-order valence-corrected chi connectivity index (χ1v) is 10.1.